The molecule has 1 amide bonds. The first kappa shape index (κ1) is 20.0. The van der Waals surface area contributed by atoms with Crippen LogP contribution in [0.4, 0.5) is 0 Å². The van der Waals surface area contributed by atoms with Gasteiger partial charge in [0.15, 0.2) is 0 Å². The summed E-state index contributed by atoms with van der Waals surface area (Å²) in [5.41, 5.74) is 2.01. The van der Waals surface area contributed by atoms with E-state index in [9.17, 15) is 4.79 Å². The summed E-state index contributed by atoms with van der Waals surface area (Å²) in [5.74, 6) is 1.49. The third kappa shape index (κ3) is 4.83. The number of thioether (sulfide) groups is 1. The molecule has 0 spiro atoms. The second-order valence-corrected chi connectivity index (χ2v) is 8.88. The van der Waals surface area contributed by atoms with E-state index in [0.29, 0.717) is 34.7 Å². The van der Waals surface area contributed by atoms with Crippen molar-refractivity contribution in [3.05, 3.63) is 88.8 Å². The summed E-state index contributed by atoms with van der Waals surface area (Å²) in [6, 6.07) is 19.0. The quantitative estimate of drug-likeness (QED) is 0.452. The van der Waals surface area contributed by atoms with Crippen molar-refractivity contribution in [3.63, 3.8) is 0 Å². The Bertz CT molecular complexity index is 1010. The Kier molecular flexibility index (Phi) is 6.23. The maximum atomic E-state index is 12.9. The number of hydrogen-bond acceptors (Lipinski definition) is 5. The van der Waals surface area contributed by atoms with Crippen molar-refractivity contribution in [2.75, 3.05) is 0 Å². The lowest BCUT2D eigenvalue weighted by molar-refractivity contribution is -0.126. The summed E-state index contributed by atoms with van der Waals surface area (Å²) >= 11 is 12.8. The number of para-hydroxylation sites is 1. The highest BCUT2D eigenvalue weighted by atomic mass is 35.5. The van der Waals surface area contributed by atoms with Crippen molar-refractivity contribution in [1.82, 2.24) is 4.90 Å². The first-order valence-corrected chi connectivity index (χ1v) is 10.8. The summed E-state index contributed by atoms with van der Waals surface area (Å²) in [5, 5.41) is 0.429. The van der Waals surface area contributed by atoms with E-state index in [2.05, 4.69) is 0 Å². The number of carbonyl (C=O) groups is 1. The van der Waals surface area contributed by atoms with Crippen molar-refractivity contribution in [2.45, 2.75) is 24.8 Å². The van der Waals surface area contributed by atoms with Gasteiger partial charge >= 0.3 is 0 Å². The molecule has 1 saturated heterocycles. The van der Waals surface area contributed by atoms with E-state index in [0.717, 1.165) is 16.9 Å². The van der Waals surface area contributed by atoms with Gasteiger partial charge in [-0.2, -0.15) is 0 Å². The van der Waals surface area contributed by atoms with Crippen molar-refractivity contribution < 1.29 is 13.9 Å². The number of amides is 1. The van der Waals surface area contributed by atoms with Gasteiger partial charge in [0.1, 0.15) is 22.4 Å². The molecule has 0 saturated carbocycles. The molecular weight excluding hydrogens is 426 g/mol. The molecule has 0 N–H and O–H groups in total. The van der Waals surface area contributed by atoms with Crippen molar-refractivity contribution >= 4 is 45.8 Å². The minimum atomic E-state index is -0.266. The SMILES string of the molecule is O=C1[C@@H](Cc2ccccc2OCc2ccc(Cl)cc2)SC(=S)N1Cc1ccco1. The number of benzene rings is 2. The molecule has 148 valence electrons. The lowest BCUT2D eigenvalue weighted by Gasteiger charge is -2.15. The topological polar surface area (TPSA) is 42.7 Å². The Hall–Kier alpha value is -2.28. The Morgan fingerprint density at radius 2 is 1.90 bits per heavy atom. The first-order valence-electron chi connectivity index (χ1n) is 9.09. The number of rotatable bonds is 7. The summed E-state index contributed by atoms with van der Waals surface area (Å²) in [4.78, 5) is 14.5. The fourth-order valence-electron chi connectivity index (χ4n) is 3.08. The molecule has 7 heteroatoms. The molecule has 1 aromatic heterocycles. The molecule has 1 aliphatic rings. The van der Waals surface area contributed by atoms with E-state index in [-0.39, 0.29) is 11.2 Å². The molecule has 4 rings (SSSR count). The van der Waals surface area contributed by atoms with E-state index in [1.165, 1.54) is 11.8 Å². The molecule has 2 heterocycles. The summed E-state index contributed by atoms with van der Waals surface area (Å²) in [6.07, 6.45) is 2.15. The highest BCUT2D eigenvalue weighted by Gasteiger charge is 2.37. The molecule has 0 aliphatic carbocycles. The largest absolute Gasteiger partial charge is 0.489 e. The zero-order valence-corrected chi connectivity index (χ0v) is 17.8. The summed E-state index contributed by atoms with van der Waals surface area (Å²) < 4.78 is 12.0. The lowest BCUT2D eigenvalue weighted by Crippen LogP contribution is -2.31. The number of thiocarbonyl (C=S) groups is 1. The van der Waals surface area contributed by atoms with Crippen LogP contribution in [-0.4, -0.2) is 20.4 Å². The normalized spacial score (nSPS) is 16.4. The van der Waals surface area contributed by atoms with E-state index in [1.54, 1.807) is 17.2 Å². The van der Waals surface area contributed by atoms with Crippen LogP contribution in [0, 0.1) is 0 Å². The predicted molar refractivity (Wildman–Crippen MR) is 119 cm³/mol. The van der Waals surface area contributed by atoms with Crippen molar-refractivity contribution in [3.8, 4) is 5.75 Å². The molecule has 29 heavy (non-hydrogen) atoms. The fourth-order valence-corrected chi connectivity index (χ4v) is 4.73. The molecule has 1 atom stereocenters. The lowest BCUT2D eigenvalue weighted by atomic mass is 10.1. The van der Waals surface area contributed by atoms with Crippen LogP contribution in [0.1, 0.15) is 16.9 Å². The molecule has 3 aromatic rings. The van der Waals surface area contributed by atoms with Crippen LogP contribution in [-0.2, 0) is 24.4 Å². The van der Waals surface area contributed by atoms with E-state index in [1.807, 2.05) is 54.6 Å². The van der Waals surface area contributed by atoms with Crippen LogP contribution >= 0.6 is 35.6 Å². The first-order chi connectivity index (χ1) is 14.1. The van der Waals surface area contributed by atoms with Gasteiger partial charge in [-0.3, -0.25) is 9.69 Å². The Morgan fingerprint density at radius 1 is 1.10 bits per heavy atom. The molecule has 4 nitrogen and oxygen atoms in total. The van der Waals surface area contributed by atoms with Gasteiger partial charge in [0, 0.05) is 5.02 Å². The summed E-state index contributed by atoms with van der Waals surface area (Å²) in [7, 11) is 0. The monoisotopic (exact) mass is 443 g/mol. The van der Waals surface area contributed by atoms with E-state index < -0.39 is 0 Å². The Balaban J connectivity index is 1.43. The maximum Gasteiger partial charge on any atom is 0.242 e. The van der Waals surface area contributed by atoms with Gasteiger partial charge in [0.2, 0.25) is 5.91 Å². The molecule has 2 aromatic carbocycles. The van der Waals surface area contributed by atoms with Crippen molar-refractivity contribution in [2.24, 2.45) is 0 Å². The van der Waals surface area contributed by atoms with Crippen LogP contribution in [0.3, 0.4) is 0 Å². The molecule has 1 fully saturated rings. The van der Waals surface area contributed by atoms with Crippen LogP contribution in [0.15, 0.2) is 71.3 Å². The van der Waals surface area contributed by atoms with Gasteiger partial charge in [0.05, 0.1) is 18.1 Å². The average molecular weight is 444 g/mol. The minimum absolute atomic E-state index is 0.00362. The number of carbonyl (C=O) groups excluding carboxylic acids is 1. The van der Waals surface area contributed by atoms with Gasteiger partial charge in [0.25, 0.3) is 0 Å². The predicted octanol–water partition coefficient (Wildman–Crippen LogP) is 5.48. The number of furan rings is 1. The second-order valence-electron chi connectivity index (χ2n) is 6.60. The summed E-state index contributed by atoms with van der Waals surface area (Å²) in [6.45, 7) is 0.797. The van der Waals surface area contributed by atoms with E-state index in [4.69, 9.17) is 33.0 Å². The fraction of sp³-hybridized carbons (Fsp3) is 0.182. The van der Waals surface area contributed by atoms with Gasteiger partial charge in [-0.1, -0.05) is 65.9 Å². The van der Waals surface area contributed by atoms with E-state index >= 15 is 0 Å². The van der Waals surface area contributed by atoms with Gasteiger partial charge in [-0.25, -0.2) is 0 Å². The second kappa shape index (κ2) is 9.03. The minimum Gasteiger partial charge on any atom is -0.489 e. The van der Waals surface area contributed by atoms with Gasteiger partial charge < -0.3 is 9.15 Å². The molecular formula is C22H18ClNO3S2. The zero-order chi connectivity index (χ0) is 20.2. The van der Waals surface area contributed by atoms with Gasteiger partial charge in [-0.05, 0) is 47.9 Å². The molecule has 1 aliphatic heterocycles. The number of nitrogens with zero attached hydrogens (tertiary/aromatic N) is 1. The van der Waals surface area contributed by atoms with Crippen LogP contribution in [0.5, 0.6) is 5.75 Å². The number of halogens is 1. The molecule has 0 bridgehead atoms. The smallest absolute Gasteiger partial charge is 0.242 e. The Labute approximate surface area is 183 Å². The standard InChI is InChI=1S/C22H18ClNO3S2/c23-17-9-7-15(8-10-17)14-27-19-6-2-1-4-16(19)12-20-21(25)24(22(28)29-20)13-18-5-3-11-26-18/h1-11,20H,12-14H2/t20-/m1/s1. The number of hydrogen-bond donors (Lipinski definition) is 0. The Morgan fingerprint density at radius 3 is 2.66 bits per heavy atom. The third-order valence-electron chi connectivity index (χ3n) is 4.58. The van der Waals surface area contributed by atoms with Crippen LogP contribution in [0.2, 0.25) is 5.02 Å². The molecule has 0 radical (unpaired) electrons. The third-order valence-corrected chi connectivity index (χ3v) is 6.42. The van der Waals surface area contributed by atoms with Crippen LogP contribution < -0.4 is 4.74 Å². The van der Waals surface area contributed by atoms with Crippen LogP contribution in [0.25, 0.3) is 0 Å². The maximum absolute atomic E-state index is 12.9. The van der Waals surface area contributed by atoms with Gasteiger partial charge in [-0.15, -0.1) is 0 Å². The average Bonchev–Trinajstić information content (AvgIpc) is 3.33. The number of ether oxygens (including phenoxy) is 1. The highest BCUT2D eigenvalue weighted by molar-refractivity contribution is 8.24. The van der Waals surface area contributed by atoms with Crippen molar-refractivity contribution in [1.29, 1.82) is 0 Å². The molecule has 0 unspecified atom stereocenters. The zero-order valence-electron chi connectivity index (χ0n) is 15.4. The highest BCUT2D eigenvalue weighted by Crippen LogP contribution is 2.33.